The van der Waals surface area contributed by atoms with Crippen molar-refractivity contribution in [2.45, 2.75) is 44.1 Å². The lowest BCUT2D eigenvalue weighted by Crippen LogP contribution is -2.54. The number of hydrazine groups is 1. The quantitative estimate of drug-likeness (QED) is 0.0375. The molecule has 250 valence electrons. The van der Waals surface area contributed by atoms with Gasteiger partial charge in [0, 0.05) is 46.4 Å². The Bertz CT molecular complexity index is 1890. The van der Waals surface area contributed by atoms with E-state index in [1.54, 1.807) is 36.4 Å². The van der Waals surface area contributed by atoms with Crippen LogP contribution in [-0.4, -0.2) is 35.7 Å². The standard InChI is InChI=1S/C35H34ClN9O4/c36-29-11-5-7-24(19-29)21-39-43-34(47)35(20-26-8-1-2-9-27(26)22-40-44-37)32(31-12-4-3-10-28(31)23-41-45-38)49-33(42-35)25-13-15-30(16-14-25)48-18-6-17-46/h1-5,7-16,19,32,39,46H,6,17-18,20-23H2,(H,43,47)/t32-,35-/m0/s1. The number of halogens is 1. The van der Waals surface area contributed by atoms with E-state index in [1.807, 2.05) is 60.7 Å². The smallest absolute Gasteiger partial charge is 0.266 e. The number of hydrogen-bond acceptors (Lipinski definition) is 8. The SMILES string of the molecule is [N-]=[N+]=NCc1ccccc1C[C@]1(C(=O)NNCc2cccc(Cl)c2)N=C(c2ccc(OCCCO)cc2)O[C@H]1c1ccccc1CN=[N+]=[N-]. The molecule has 1 amide bonds. The van der Waals surface area contributed by atoms with E-state index in [0.717, 1.165) is 16.7 Å². The van der Waals surface area contributed by atoms with Gasteiger partial charge in [-0.05, 0) is 75.3 Å². The number of rotatable bonds is 16. The van der Waals surface area contributed by atoms with Crippen molar-refractivity contribution >= 4 is 23.4 Å². The fourth-order valence-corrected chi connectivity index (χ4v) is 5.78. The van der Waals surface area contributed by atoms with Crippen LogP contribution in [0.5, 0.6) is 5.75 Å². The normalized spacial score (nSPS) is 16.4. The highest BCUT2D eigenvalue weighted by atomic mass is 35.5. The second kappa shape index (κ2) is 17.0. The van der Waals surface area contributed by atoms with Crippen molar-refractivity contribution in [1.29, 1.82) is 0 Å². The third kappa shape index (κ3) is 8.68. The van der Waals surface area contributed by atoms with Gasteiger partial charge in [-0.2, -0.15) is 0 Å². The van der Waals surface area contributed by atoms with E-state index in [4.69, 9.17) is 42.2 Å². The lowest BCUT2D eigenvalue weighted by Gasteiger charge is -2.32. The molecule has 1 heterocycles. The average molecular weight is 680 g/mol. The van der Waals surface area contributed by atoms with E-state index >= 15 is 0 Å². The third-order valence-corrected chi connectivity index (χ3v) is 8.17. The Morgan fingerprint density at radius 3 is 2.35 bits per heavy atom. The number of nitrogens with zero attached hydrogens (tertiary/aromatic N) is 7. The van der Waals surface area contributed by atoms with Crippen LogP contribution in [0.2, 0.25) is 5.02 Å². The van der Waals surface area contributed by atoms with Gasteiger partial charge in [0.15, 0.2) is 11.6 Å². The number of aliphatic hydroxyl groups excluding tert-OH is 1. The molecule has 3 N–H and O–H groups in total. The molecule has 49 heavy (non-hydrogen) atoms. The van der Waals surface area contributed by atoms with E-state index in [-0.39, 0.29) is 38.6 Å². The highest BCUT2D eigenvalue weighted by molar-refractivity contribution is 6.30. The van der Waals surface area contributed by atoms with Gasteiger partial charge >= 0.3 is 0 Å². The van der Waals surface area contributed by atoms with Crippen LogP contribution in [0.4, 0.5) is 0 Å². The Balaban J connectivity index is 1.61. The Hall–Kier alpha value is -5.55. The Morgan fingerprint density at radius 1 is 0.939 bits per heavy atom. The van der Waals surface area contributed by atoms with E-state index in [0.29, 0.717) is 40.5 Å². The topological polar surface area (TPSA) is 190 Å². The minimum absolute atomic E-state index is 0.0232. The van der Waals surface area contributed by atoms with Gasteiger partial charge < -0.3 is 14.6 Å². The average Bonchev–Trinajstić information content (AvgIpc) is 3.51. The van der Waals surface area contributed by atoms with Gasteiger partial charge in [0.2, 0.25) is 5.90 Å². The molecule has 4 aromatic carbocycles. The lowest BCUT2D eigenvalue weighted by molar-refractivity contribution is -0.130. The third-order valence-electron chi connectivity index (χ3n) is 7.94. The maximum absolute atomic E-state index is 14.6. The van der Waals surface area contributed by atoms with Crippen LogP contribution in [0, 0.1) is 0 Å². The van der Waals surface area contributed by atoms with Crippen molar-refractivity contribution in [3.05, 3.63) is 156 Å². The number of hydrogen-bond donors (Lipinski definition) is 3. The summed E-state index contributed by atoms with van der Waals surface area (Å²) < 4.78 is 12.4. The first-order valence-corrected chi connectivity index (χ1v) is 15.9. The minimum Gasteiger partial charge on any atom is -0.494 e. The highest BCUT2D eigenvalue weighted by Crippen LogP contribution is 2.44. The molecule has 1 aliphatic heterocycles. The zero-order chi connectivity index (χ0) is 34.5. The summed E-state index contributed by atoms with van der Waals surface area (Å²) in [5.41, 5.74) is 26.7. The van der Waals surface area contributed by atoms with Crippen molar-refractivity contribution in [2.75, 3.05) is 13.2 Å². The summed E-state index contributed by atoms with van der Waals surface area (Å²) in [6, 6.07) is 29.1. The number of aliphatic hydroxyl groups is 1. The summed E-state index contributed by atoms with van der Waals surface area (Å²) in [5.74, 6) is 0.354. The largest absolute Gasteiger partial charge is 0.494 e. The summed E-state index contributed by atoms with van der Waals surface area (Å²) in [6.07, 6.45) is -0.395. The molecule has 13 nitrogen and oxygen atoms in total. The zero-order valence-corrected chi connectivity index (χ0v) is 27.2. The number of carbonyl (C=O) groups excluding carboxylic acids is 1. The molecule has 0 fully saturated rings. The molecule has 0 saturated carbocycles. The van der Waals surface area contributed by atoms with Gasteiger partial charge in [-0.15, -0.1) is 0 Å². The lowest BCUT2D eigenvalue weighted by atomic mass is 9.80. The van der Waals surface area contributed by atoms with Crippen LogP contribution >= 0.6 is 11.6 Å². The maximum atomic E-state index is 14.6. The van der Waals surface area contributed by atoms with Crippen LogP contribution in [-0.2, 0) is 35.6 Å². The first-order valence-electron chi connectivity index (χ1n) is 15.5. The number of benzene rings is 4. The van der Waals surface area contributed by atoms with Gasteiger partial charge in [0.05, 0.1) is 19.7 Å². The summed E-state index contributed by atoms with van der Waals surface area (Å²) in [4.78, 5) is 25.6. The summed E-state index contributed by atoms with van der Waals surface area (Å²) in [6.45, 7) is 0.765. The summed E-state index contributed by atoms with van der Waals surface area (Å²) in [5, 5.41) is 17.2. The van der Waals surface area contributed by atoms with Crippen molar-refractivity contribution in [2.24, 2.45) is 15.2 Å². The van der Waals surface area contributed by atoms with Gasteiger partial charge in [0.1, 0.15) is 5.75 Å². The molecule has 0 saturated heterocycles. The number of amides is 1. The van der Waals surface area contributed by atoms with E-state index in [9.17, 15) is 4.79 Å². The van der Waals surface area contributed by atoms with Crippen molar-refractivity contribution in [1.82, 2.24) is 10.9 Å². The second-order valence-electron chi connectivity index (χ2n) is 11.1. The second-order valence-corrected chi connectivity index (χ2v) is 11.6. The maximum Gasteiger partial charge on any atom is 0.266 e. The number of aliphatic imine (C=N–C) groups is 1. The first kappa shape index (κ1) is 34.8. The van der Waals surface area contributed by atoms with Gasteiger partial charge in [-0.3, -0.25) is 10.2 Å². The van der Waals surface area contributed by atoms with Crippen molar-refractivity contribution in [3.63, 3.8) is 0 Å². The van der Waals surface area contributed by atoms with Crippen molar-refractivity contribution in [3.8, 4) is 5.75 Å². The Labute approximate surface area is 287 Å². The van der Waals surface area contributed by atoms with Crippen LogP contribution in [0.15, 0.2) is 112 Å². The molecule has 0 aromatic heterocycles. The number of nitrogens with one attached hydrogen (secondary N) is 2. The van der Waals surface area contributed by atoms with Crippen LogP contribution in [0.3, 0.4) is 0 Å². The molecular weight excluding hydrogens is 646 g/mol. The molecule has 4 aromatic rings. The molecule has 0 bridgehead atoms. The molecule has 0 unspecified atom stereocenters. The molecule has 0 spiro atoms. The Kier molecular flexibility index (Phi) is 12.1. The number of ether oxygens (including phenoxy) is 2. The van der Waals surface area contributed by atoms with Crippen LogP contribution in [0.25, 0.3) is 20.9 Å². The van der Waals surface area contributed by atoms with E-state index < -0.39 is 17.6 Å². The van der Waals surface area contributed by atoms with Crippen LogP contribution in [0.1, 0.15) is 45.9 Å². The molecule has 1 aliphatic rings. The van der Waals surface area contributed by atoms with E-state index in [1.165, 1.54) is 0 Å². The van der Waals surface area contributed by atoms with Crippen molar-refractivity contribution < 1.29 is 19.4 Å². The zero-order valence-electron chi connectivity index (χ0n) is 26.4. The van der Waals surface area contributed by atoms with Gasteiger partial charge in [-0.25, -0.2) is 10.4 Å². The molecule has 5 rings (SSSR count). The summed E-state index contributed by atoms with van der Waals surface area (Å²) in [7, 11) is 0. The van der Waals surface area contributed by atoms with Gasteiger partial charge in [0.25, 0.3) is 5.91 Å². The molecule has 0 aliphatic carbocycles. The molecule has 2 atom stereocenters. The predicted octanol–water partition coefficient (Wildman–Crippen LogP) is 7.04. The monoisotopic (exact) mass is 679 g/mol. The highest BCUT2D eigenvalue weighted by Gasteiger charge is 2.54. The van der Waals surface area contributed by atoms with Gasteiger partial charge in [-0.1, -0.05) is 82.5 Å². The predicted molar refractivity (Wildman–Crippen MR) is 185 cm³/mol. The molecule has 0 radical (unpaired) electrons. The summed E-state index contributed by atoms with van der Waals surface area (Å²) >= 11 is 6.18. The first-order chi connectivity index (χ1) is 24.0. The molecule has 14 heteroatoms. The fraction of sp³-hybridized carbons (Fsp3) is 0.257. The number of carbonyl (C=O) groups is 1. The van der Waals surface area contributed by atoms with Crippen LogP contribution < -0.4 is 15.6 Å². The Morgan fingerprint density at radius 2 is 1.63 bits per heavy atom. The van der Waals surface area contributed by atoms with E-state index in [2.05, 4.69) is 30.9 Å². The fourth-order valence-electron chi connectivity index (χ4n) is 5.57. The minimum atomic E-state index is -1.59. The number of azide groups is 2. The molecular formula is C35H34ClN9O4.